The van der Waals surface area contributed by atoms with Gasteiger partial charge in [0, 0.05) is 0 Å². The molecule has 0 aliphatic carbocycles. The van der Waals surface area contributed by atoms with Gasteiger partial charge < -0.3 is 0 Å². The van der Waals surface area contributed by atoms with Crippen molar-refractivity contribution in [2.45, 2.75) is 0 Å². The van der Waals surface area contributed by atoms with E-state index in [0.29, 0.717) is 0 Å². The molecule has 0 spiro atoms. The van der Waals surface area contributed by atoms with E-state index in [9.17, 15) is 19.2 Å². The minimum atomic E-state index is -6.26. The van der Waals surface area contributed by atoms with Gasteiger partial charge in [-0.05, 0) is 0 Å². The third-order valence-corrected chi connectivity index (χ3v) is 7.59. The summed E-state index contributed by atoms with van der Waals surface area (Å²) < 4.78 is -8.99. The number of hydrogen-bond acceptors (Lipinski definition) is 4. The molecule has 0 amide bonds. The summed E-state index contributed by atoms with van der Waals surface area (Å²) in [5.74, 6) is 0. The van der Waals surface area contributed by atoms with Gasteiger partial charge in [-0.25, -0.2) is 0 Å². The molecule has 0 heterocycles. The van der Waals surface area contributed by atoms with E-state index in [4.69, 9.17) is 20.4 Å². The van der Waals surface area contributed by atoms with Crippen LogP contribution in [0.5, 0.6) is 0 Å². The first-order valence-electron chi connectivity index (χ1n) is 2.71. The molecule has 0 aliphatic heterocycles. The standard InChI is InChI=1S/4CHO2.Zr/c4*2-1-3;/h4*(H,2,3);. The van der Waals surface area contributed by atoms with Crippen LogP contribution in [-0.4, -0.2) is 35.1 Å². The maximum absolute atomic E-state index is 10.3. The summed E-state index contributed by atoms with van der Waals surface area (Å²) >= 11 is -6.26. The first kappa shape index (κ1) is 11.8. The maximum atomic E-state index is 10.3. The Bertz CT molecular complexity index is 231. The van der Waals surface area contributed by atoms with Crippen molar-refractivity contribution in [2.24, 2.45) is 0 Å². The van der Waals surface area contributed by atoms with Crippen LogP contribution in [-0.2, 0) is 20.3 Å². The second kappa shape index (κ2) is 3.65. The van der Waals surface area contributed by atoms with Gasteiger partial charge in [0.25, 0.3) is 0 Å². The number of rotatable bonds is 4. The Balaban J connectivity index is 5.60. The van der Waals surface area contributed by atoms with Crippen molar-refractivity contribution >= 4 is 14.7 Å². The molecular weight excluding hydrogens is 267 g/mol. The molecule has 0 fully saturated rings. The van der Waals surface area contributed by atoms with Crippen LogP contribution in [0.3, 0.4) is 0 Å². The van der Waals surface area contributed by atoms with Crippen LogP contribution in [0.2, 0.25) is 0 Å². The molecule has 0 aromatic rings. The SMILES string of the molecule is O=[C](O)[Zr]([C](=O)O)([C](=O)O)[C](=O)O. The van der Waals surface area contributed by atoms with E-state index in [0.717, 1.165) is 0 Å². The van der Waals surface area contributed by atoms with Crippen LogP contribution in [0, 0.1) is 0 Å². The molecule has 72 valence electrons. The van der Waals surface area contributed by atoms with Gasteiger partial charge in [-0.2, -0.15) is 0 Å². The number of carboxylic acid groups (broad SMARTS) is 4. The molecule has 0 saturated carbocycles. The Morgan fingerprint density at radius 2 is 0.769 bits per heavy atom. The van der Waals surface area contributed by atoms with E-state index in [1.165, 1.54) is 0 Å². The monoisotopic (exact) mass is 270 g/mol. The van der Waals surface area contributed by atoms with Crippen LogP contribution in [0.25, 0.3) is 0 Å². The fraction of sp³-hybridized carbons (Fsp3) is 0. The van der Waals surface area contributed by atoms with Crippen molar-refractivity contribution in [3.63, 3.8) is 0 Å². The third-order valence-electron chi connectivity index (χ3n) is 1.28. The molecule has 8 nitrogen and oxygen atoms in total. The van der Waals surface area contributed by atoms with Crippen molar-refractivity contribution in [3.8, 4) is 0 Å². The fourth-order valence-corrected chi connectivity index (χ4v) is 3.25. The third kappa shape index (κ3) is 1.60. The average Bonchev–Trinajstić information content (AvgIpc) is 1.82. The zero-order valence-electron chi connectivity index (χ0n) is 5.92. The van der Waals surface area contributed by atoms with Crippen LogP contribution < -0.4 is 0 Å². The molecule has 0 aliphatic rings. The summed E-state index contributed by atoms with van der Waals surface area (Å²) in [5.41, 5.74) is 0. The molecule has 0 unspecified atom stereocenters. The molecule has 13 heavy (non-hydrogen) atoms. The van der Waals surface area contributed by atoms with Crippen LogP contribution >= 0.6 is 0 Å². The molecule has 0 bridgehead atoms. The van der Waals surface area contributed by atoms with E-state index < -0.39 is 35.0 Å². The predicted octanol–water partition coefficient (Wildman–Crippen LogP) is 0.852. The zero-order valence-corrected chi connectivity index (χ0v) is 8.38. The summed E-state index contributed by atoms with van der Waals surface area (Å²) in [5, 5.41) is 33.1. The second-order valence-corrected chi connectivity index (χ2v) is 9.86. The summed E-state index contributed by atoms with van der Waals surface area (Å²) in [6.45, 7) is 0. The Kier molecular flexibility index (Phi) is 3.30. The van der Waals surface area contributed by atoms with Crippen molar-refractivity contribution in [1.29, 1.82) is 0 Å². The van der Waals surface area contributed by atoms with Gasteiger partial charge in [-0.1, -0.05) is 0 Å². The van der Waals surface area contributed by atoms with Gasteiger partial charge in [0.05, 0.1) is 0 Å². The van der Waals surface area contributed by atoms with Crippen molar-refractivity contribution in [1.82, 2.24) is 0 Å². The molecule has 0 radical (unpaired) electrons. The van der Waals surface area contributed by atoms with Crippen LogP contribution in [0.1, 0.15) is 0 Å². The molecule has 9 heteroatoms. The fourth-order valence-electron chi connectivity index (χ4n) is 0.549. The molecule has 0 saturated heterocycles. The van der Waals surface area contributed by atoms with Crippen molar-refractivity contribution in [3.05, 3.63) is 0 Å². The quantitative estimate of drug-likeness (QED) is 0.587. The predicted molar refractivity (Wildman–Crippen MR) is 32.1 cm³/mol. The average molecular weight is 271 g/mol. The topological polar surface area (TPSA) is 149 Å². The molecule has 0 aromatic carbocycles. The first-order chi connectivity index (χ1) is 5.77. The van der Waals surface area contributed by atoms with E-state index >= 15 is 0 Å². The Labute approximate surface area is 74.8 Å². The molecule has 4 N–H and O–H groups in total. The normalized spacial score (nSPS) is 10.5. The van der Waals surface area contributed by atoms with Crippen molar-refractivity contribution in [2.75, 3.05) is 0 Å². The first-order valence-corrected chi connectivity index (χ1v) is 7.63. The molecule has 0 atom stereocenters. The molecule has 0 rings (SSSR count). The van der Waals surface area contributed by atoms with Gasteiger partial charge in [0.1, 0.15) is 0 Å². The summed E-state index contributed by atoms with van der Waals surface area (Å²) in [7, 11) is 0. The van der Waals surface area contributed by atoms with Gasteiger partial charge in [-0.3, -0.25) is 0 Å². The zero-order chi connectivity index (χ0) is 10.8. The summed E-state index contributed by atoms with van der Waals surface area (Å²) in [6.07, 6.45) is 0. The van der Waals surface area contributed by atoms with E-state index in [2.05, 4.69) is 0 Å². The summed E-state index contributed by atoms with van der Waals surface area (Å²) in [4.78, 5) is 41.2. The van der Waals surface area contributed by atoms with Gasteiger partial charge >= 0.3 is 74.6 Å². The van der Waals surface area contributed by atoms with Gasteiger partial charge in [0.2, 0.25) is 0 Å². The Morgan fingerprint density at radius 3 is 0.769 bits per heavy atom. The number of carbonyl (C=O) groups is 4. The van der Waals surface area contributed by atoms with Gasteiger partial charge in [0.15, 0.2) is 0 Å². The Morgan fingerprint density at radius 1 is 0.615 bits per heavy atom. The second-order valence-electron chi connectivity index (χ2n) is 1.97. The van der Waals surface area contributed by atoms with E-state index in [-0.39, 0.29) is 0 Å². The summed E-state index contributed by atoms with van der Waals surface area (Å²) in [6, 6.07) is 0. The van der Waals surface area contributed by atoms with Crippen molar-refractivity contribution < 1.29 is 59.9 Å². The molecular formula is C4H4O8Zr. The molecule has 0 aromatic heterocycles. The number of hydrogen-bond donors (Lipinski definition) is 4. The van der Waals surface area contributed by atoms with E-state index in [1.54, 1.807) is 0 Å². The van der Waals surface area contributed by atoms with E-state index in [1.807, 2.05) is 0 Å². The van der Waals surface area contributed by atoms with Crippen LogP contribution in [0.4, 0.5) is 19.2 Å². The van der Waals surface area contributed by atoms with Crippen LogP contribution in [0.15, 0.2) is 0 Å². The Hall–Kier alpha value is -1.24. The minimum absolute atomic E-state index is 2.25. The van der Waals surface area contributed by atoms with Gasteiger partial charge in [-0.15, -0.1) is 0 Å².